The summed E-state index contributed by atoms with van der Waals surface area (Å²) in [4.78, 5) is 13.4. The average molecular weight is 1480 g/mol. The van der Waals surface area contributed by atoms with Crippen LogP contribution in [0.15, 0.2) is 85.1 Å². The first-order valence-electron chi connectivity index (χ1n) is 44.3. The van der Waals surface area contributed by atoms with Gasteiger partial charge in [0.05, 0.1) is 32.0 Å². The van der Waals surface area contributed by atoms with Gasteiger partial charge in [-0.15, -0.1) is 0 Å². The number of aliphatic hydroxyl groups is 8. The van der Waals surface area contributed by atoms with Gasteiger partial charge in [-0.25, -0.2) is 0 Å². The minimum atomic E-state index is -1.79. The molecule has 0 aromatic rings. The highest BCUT2D eigenvalue weighted by molar-refractivity contribution is 5.76. The number of ether oxygens (including phenoxy) is 4. The van der Waals surface area contributed by atoms with Crippen molar-refractivity contribution in [2.75, 3.05) is 19.8 Å². The van der Waals surface area contributed by atoms with Crippen LogP contribution >= 0.6 is 0 Å². The van der Waals surface area contributed by atoms with Crippen molar-refractivity contribution in [2.45, 2.75) is 466 Å². The van der Waals surface area contributed by atoms with Crippen molar-refractivity contribution in [1.82, 2.24) is 5.32 Å². The summed E-state index contributed by atoms with van der Waals surface area (Å²) in [6, 6.07) is -0.935. The fourth-order valence-corrected chi connectivity index (χ4v) is 14.4. The van der Waals surface area contributed by atoms with E-state index in [1.807, 2.05) is 6.08 Å². The Balaban J connectivity index is 1.57. The van der Waals surface area contributed by atoms with Gasteiger partial charge in [-0.05, 0) is 77.0 Å². The Labute approximate surface area is 643 Å². The van der Waals surface area contributed by atoms with E-state index in [0.29, 0.717) is 12.8 Å². The van der Waals surface area contributed by atoms with E-state index in [2.05, 4.69) is 92.1 Å². The second-order valence-electron chi connectivity index (χ2n) is 31.0. The van der Waals surface area contributed by atoms with Crippen LogP contribution in [0.1, 0.15) is 393 Å². The standard InChI is InChI=1S/C91H165NO13/c1-3-5-7-9-11-13-15-17-19-21-23-25-27-29-31-33-35-36-37-38-39-40-41-42-43-44-45-47-49-51-53-55-57-59-61-63-65-67-69-71-73-75-83(96)92-79(78-102-90-88(101)86(99)89(82(77-94)104-90)105-91-87(100)85(98)84(97)81(76-93)103-91)80(95)74-72-70-68-66-64-62-60-58-56-54-52-50-48-46-34-32-30-28-26-24-22-20-18-16-14-12-10-8-6-4-2/h5,7,11,13,17,19,23,25,29,31,64,66,72,74,79-82,84-91,93-95,97-101H,3-4,6,8-10,12,14-16,18,20-22,24,26-28,30,32-63,65,67-71,73,75-78H2,1-2H3,(H,92,96)/b7-5-,13-11-,19-17-,25-23-,31-29-,66-64+,74-72+. The summed E-state index contributed by atoms with van der Waals surface area (Å²) in [6.45, 7) is 2.73. The third-order valence-electron chi connectivity index (χ3n) is 21.3. The fourth-order valence-electron chi connectivity index (χ4n) is 14.4. The lowest BCUT2D eigenvalue weighted by Gasteiger charge is -2.46. The zero-order valence-electron chi connectivity index (χ0n) is 67.5. The number of nitrogens with one attached hydrogen (secondary N) is 1. The first kappa shape index (κ1) is 98.2. The van der Waals surface area contributed by atoms with Crippen LogP contribution in [-0.4, -0.2) is 140 Å². The summed E-state index contributed by atoms with van der Waals surface area (Å²) in [6.07, 6.45) is 88.5. The SMILES string of the molecule is CC/C=C\C/C=C\C/C=C\C/C=C\C/C=C\CCCCCCCCCCCCCCCCCCCCCCCCCCCC(=O)NC(COC1OC(CO)C(OC2OC(CO)C(O)C(O)C2O)C(O)C1O)C(O)/C=C/CC/C=C/CCCCCCCCCCCCCCCCCCCCCCCCCC. The van der Waals surface area contributed by atoms with Gasteiger partial charge in [0, 0.05) is 6.42 Å². The Hall–Kier alpha value is -2.83. The van der Waals surface area contributed by atoms with Crippen LogP contribution in [-0.2, 0) is 23.7 Å². The van der Waals surface area contributed by atoms with E-state index in [4.69, 9.17) is 18.9 Å². The Bertz CT molecular complexity index is 2090. The van der Waals surface area contributed by atoms with Crippen LogP contribution in [0.5, 0.6) is 0 Å². The molecular formula is C91H165NO13. The molecule has 0 spiro atoms. The van der Waals surface area contributed by atoms with Gasteiger partial charge in [0.25, 0.3) is 0 Å². The molecule has 12 atom stereocenters. The minimum absolute atomic E-state index is 0.242. The Morgan fingerprint density at radius 3 is 1.05 bits per heavy atom. The van der Waals surface area contributed by atoms with Crippen LogP contribution in [0.4, 0.5) is 0 Å². The van der Waals surface area contributed by atoms with Gasteiger partial charge in [-0.3, -0.25) is 4.79 Å². The van der Waals surface area contributed by atoms with Gasteiger partial charge in [-0.1, -0.05) is 394 Å². The van der Waals surface area contributed by atoms with Crippen molar-refractivity contribution in [3.63, 3.8) is 0 Å². The van der Waals surface area contributed by atoms with Crippen molar-refractivity contribution < 1.29 is 64.6 Å². The summed E-state index contributed by atoms with van der Waals surface area (Å²) < 4.78 is 22.9. The predicted molar refractivity (Wildman–Crippen MR) is 438 cm³/mol. The molecule has 2 aliphatic heterocycles. The lowest BCUT2D eigenvalue weighted by Crippen LogP contribution is -2.65. The molecule has 2 fully saturated rings. The van der Waals surface area contributed by atoms with E-state index in [9.17, 15) is 45.6 Å². The van der Waals surface area contributed by atoms with Crippen LogP contribution in [0.25, 0.3) is 0 Å². The molecule has 12 unspecified atom stereocenters. The molecular weight excluding hydrogens is 1310 g/mol. The second kappa shape index (κ2) is 73.9. The molecule has 2 aliphatic rings. The maximum absolute atomic E-state index is 13.4. The Morgan fingerprint density at radius 1 is 0.352 bits per heavy atom. The van der Waals surface area contributed by atoms with Gasteiger partial charge in [-0.2, -0.15) is 0 Å². The molecule has 0 aromatic heterocycles. The number of allylic oxidation sites excluding steroid dienone is 13. The number of carbonyl (C=O) groups excluding carboxylic acids is 1. The van der Waals surface area contributed by atoms with Gasteiger partial charge in [0.15, 0.2) is 12.6 Å². The van der Waals surface area contributed by atoms with Crippen LogP contribution in [0, 0.1) is 0 Å². The molecule has 0 bridgehead atoms. The van der Waals surface area contributed by atoms with E-state index in [1.54, 1.807) is 6.08 Å². The largest absolute Gasteiger partial charge is 0.394 e. The average Bonchev–Trinajstić information content (AvgIpc) is 0.769. The molecule has 2 heterocycles. The highest BCUT2D eigenvalue weighted by Gasteiger charge is 2.51. The maximum Gasteiger partial charge on any atom is 0.220 e. The molecule has 105 heavy (non-hydrogen) atoms. The van der Waals surface area contributed by atoms with Crippen LogP contribution in [0.3, 0.4) is 0 Å². The smallest absolute Gasteiger partial charge is 0.220 e. The number of aliphatic hydroxyl groups excluding tert-OH is 8. The molecule has 0 aliphatic carbocycles. The fraction of sp³-hybridized carbons (Fsp3) is 0.835. The highest BCUT2D eigenvalue weighted by atomic mass is 16.7. The second-order valence-corrected chi connectivity index (χ2v) is 31.0. The summed E-state index contributed by atoms with van der Waals surface area (Å²) in [7, 11) is 0. The Morgan fingerprint density at radius 2 is 0.667 bits per heavy atom. The summed E-state index contributed by atoms with van der Waals surface area (Å²) in [5.41, 5.74) is 0. The van der Waals surface area contributed by atoms with Crippen molar-refractivity contribution in [3.05, 3.63) is 85.1 Å². The number of rotatable bonds is 75. The quantitative estimate of drug-likeness (QED) is 0.0204. The summed E-state index contributed by atoms with van der Waals surface area (Å²) in [5.74, 6) is -0.242. The van der Waals surface area contributed by atoms with Crippen molar-refractivity contribution in [2.24, 2.45) is 0 Å². The molecule has 2 rings (SSSR count). The van der Waals surface area contributed by atoms with E-state index < -0.39 is 86.8 Å². The molecule has 1 amide bonds. The lowest BCUT2D eigenvalue weighted by molar-refractivity contribution is -0.359. The van der Waals surface area contributed by atoms with Crippen molar-refractivity contribution in [3.8, 4) is 0 Å². The first-order chi connectivity index (χ1) is 51.6. The van der Waals surface area contributed by atoms with E-state index >= 15 is 0 Å². The van der Waals surface area contributed by atoms with Crippen molar-refractivity contribution in [1.29, 1.82) is 0 Å². The molecule has 612 valence electrons. The molecule has 0 saturated carbocycles. The van der Waals surface area contributed by atoms with Gasteiger partial charge < -0.3 is 65.1 Å². The number of carbonyl (C=O) groups is 1. The van der Waals surface area contributed by atoms with Crippen LogP contribution in [0.2, 0.25) is 0 Å². The van der Waals surface area contributed by atoms with Crippen molar-refractivity contribution >= 4 is 5.91 Å². The number of unbranched alkanes of at least 4 members (excludes halogenated alkanes) is 50. The minimum Gasteiger partial charge on any atom is -0.394 e. The monoisotopic (exact) mass is 1480 g/mol. The van der Waals surface area contributed by atoms with Gasteiger partial charge >= 0.3 is 0 Å². The summed E-state index contributed by atoms with van der Waals surface area (Å²) >= 11 is 0. The lowest BCUT2D eigenvalue weighted by atomic mass is 9.97. The molecule has 14 nitrogen and oxygen atoms in total. The summed E-state index contributed by atoms with van der Waals surface area (Å²) in [5, 5.41) is 87.8. The zero-order chi connectivity index (χ0) is 75.8. The van der Waals surface area contributed by atoms with Gasteiger partial charge in [0.2, 0.25) is 5.91 Å². The zero-order valence-corrected chi connectivity index (χ0v) is 67.5. The molecule has 2 saturated heterocycles. The van der Waals surface area contributed by atoms with E-state index in [-0.39, 0.29) is 18.9 Å². The molecule has 9 N–H and O–H groups in total. The number of amides is 1. The third-order valence-corrected chi connectivity index (χ3v) is 21.3. The third kappa shape index (κ3) is 56.1. The number of hydrogen-bond donors (Lipinski definition) is 9. The first-order valence-corrected chi connectivity index (χ1v) is 44.3. The Kier molecular flexibility index (Phi) is 69.2. The van der Waals surface area contributed by atoms with Crippen LogP contribution < -0.4 is 5.32 Å². The maximum atomic E-state index is 13.4. The van der Waals surface area contributed by atoms with E-state index in [0.717, 1.165) is 64.2 Å². The predicted octanol–water partition coefficient (Wildman–Crippen LogP) is 21.4. The number of hydrogen-bond acceptors (Lipinski definition) is 13. The van der Waals surface area contributed by atoms with Gasteiger partial charge in [0.1, 0.15) is 48.8 Å². The highest BCUT2D eigenvalue weighted by Crippen LogP contribution is 2.30. The normalized spacial score (nSPS) is 21.8. The molecule has 0 radical (unpaired) electrons. The topological polar surface area (TPSA) is 228 Å². The molecule has 14 heteroatoms. The van der Waals surface area contributed by atoms with E-state index in [1.165, 1.54) is 295 Å². The molecule has 0 aromatic carbocycles.